The van der Waals surface area contributed by atoms with Crippen LogP contribution < -0.4 is 0 Å². The van der Waals surface area contributed by atoms with Crippen molar-refractivity contribution in [2.24, 2.45) is 5.92 Å². The van der Waals surface area contributed by atoms with Crippen molar-refractivity contribution in [1.82, 2.24) is 0 Å². The standard InChI is InChI=1S/C6H10O4/c1-4(3-7)2-5(8)6(9)10/h4,7H,2-3H2,1H3,(H,9,10). The molecule has 0 saturated carbocycles. The number of carbonyl (C=O) groups excluding carboxylic acids is 1. The molecule has 4 nitrogen and oxygen atoms in total. The van der Waals surface area contributed by atoms with E-state index >= 15 is 0 Å². The lowest BCUT2D eigenvalue weighted by Crippen LogP contribution is -2.17. The van der Waals surface area contributed by atoms with Gasteiger partial charge in [0.1, 0.15) is 0 Å². The predicted octanol–water partition coefficient (Wildman–Crippen LogP) is -0.341. The van der Waals surface area contributed by atoms with E-state index in [4.69, 9.17) is 10.2 Å². The molecule has 0 saturated heterocycles. The lowest BCUT2D eigenvalue weighted by Gasteiger charge is -2.01. The molecular weight excluding hydrogens is 136 g/mol. The van der Waals surface area contributed by atoms with Crippen molar-refractivity contribution in [1.29, 1.82) is 0 Å². The minimum absolute atomic E-state index is 0.0914. The van der Waals surface area contributed by atoms with E-state index in [2.05, 4.69) is 0 Å². The number of aliphatic hydroxyl groups excluding tert-OH is 1. The van der Waals surface area contributed by atoms with Crippen LogP contribution in [0.2, 0.25) is 0 Å². The van der Waals surface area contributed by atoms with Crippen molar-refractivity contribution in [2.75, 3.05) is 6.61 Å². The molecule has 10 heavy (non-hydrogen) atoms. The van der Waals surface area contributed by atoms with Crippen molar-refractivity contribution in [2.45, 2.75) is 13.3 Å². The van der Waals surface area contributed by atoms with Gasteiger partial charge < -0.3 is 10.2 Å². The zero-order chi connectivity index (χ0) is 8.15. The molecule has 0 aliphatic rings. The third kappa shape index (κ3) is 3.19. The fourth-order valence-corrected chi connectivity index (χ4v) is 0.468. The Labute approximate surface area is 58.5 Å². The molecule has 0 aromatic rings. The molecule has 1 unspecified atom stereocenters. The van der Waals surface area contributed by atoms with Gasteiger partial charge in [-0.15, -0.1) is 0 Å². The summed E-state index contributed by atoms with van der Waals surface area (Å²) in [5.41, 5.74) is 0. The Morgan fingerprint density at radius 3 is 2.30 bits per heavy atom. The monoisotopic (exact) mass is 146 g/mol. The Kier molecular flexibility index (Phi) is 3.64. The molecule has 0 aliphatic carbocycles. The highest BCUT2D eigenvalue weighted by atomic mass is 16.4. The van der Waals surface area contributed by atoms with Gasteiger partial charge in [-0.3, -0.25) is 4.79 Å². The van der Waals surface area contributed by atoms with Gasteiger partial charge in [0.2, 0.25) is 5.78 Å². The van der Waals surface area contributed by atoms with Crippen molar-refractivity contribution >= 4 is 11.8 Å². The van der Waals surface area contributed by atoms with Crippen LogP contribution >= 0.6 is 0 Å². The van der Waals surface area contributed by atoms with Gasteiger partial charge in [0.15, 0.2) is 0 Å². The maximum absolute atomic E-state index is 10.4. The highest BCUT2D eigenvalue weighted by molar-refractivity contribution is 6.32. The third-order valence-electron chi connectivity index (χ3n) is 1.08. The largest absolute Gasteiger partial charge is 0.476 e. The molecule has 0 aromatic heterocycles. The molecule has 4 heteroatoms. The molecule has 0 radical (unpaired) electrons. The fraction of sp³-hybridized carbons (Fsp3) is 0.667. The van der Waals surface area contributed by atoms with Crippen LogP contribution in [0.5, 0.6) is 0 Å². The lowest BCUT2D eigenvalue weighted by atomic mass is 10.1. The van der Waals surface area contributed by atoms with E-state index in [1.165, 1.54) is 0 Å². The molecule has 0 rings (SSSR count). The quantitative estimate of drug-likeness (QED) is 0.532. The minimum atomic E-state index is -1.43. The van der Waals surface area contributed by atoms with Gasteiger partial charge >= 0.3 is 5.97 Å². The van der Waals surface area contributed by atoms with Gasteiger partial charge in [-0.2, -0.15) is 0 Å². The van der Waals surface area contributed by atoms with Gasteiger partial charge in [0.25, 0.3) is 0 Å². The maximum Gasteiger partial charge on any atom is 0.372 e. The van der Waals surface area contributed by atoms with E-state index in [0.717, 1.165) is 0 Å². The first-order valence-electron chi connectivity index (χ1n) is 2.95. The first kappa shape index (κ1) is 9.10. The zero-order valence-corrected chi connectivity index (χ0v) is 5.70. The van der Waals surface area contributed by atoms with Crippen molar-refractivity contribution in [3.05, 3.63) is 0 Å². The van der Waals surface area contributed by atoms with Gasteiger partial charge in [0, 0.05) is 13.0 Å². The second kappa shape index (κ2) is 4.00. The Morgan fingerprint density at radius 1 is 1.50 bits per heavy atom. The summed E-state index contributed by atoms with van der Waals surface area (Å²) in [6.07, 6.45) is -0.0914. The van der Waals surface area contributed by atoms with E-state index in [1.807, 2.05) is 0 Å². The molecule has 0 bridgehead atoms. The van der Waals surface area contributed by atoms with E-state index in [-0.39, 0.29) is 18.9 Å². The number of ketones is 1. The molecule has 0 aliphatic heterocycles. The lowest BCUT2D eigenvalue weighted by molar-refractivity contribution is -0.149. The molecule has 58 valence electrons. The summed E-state index contributed by atoms with van der Waals surface area (Å²) in [4.78, 5) is 20.3. The van der Waals surface area contributed by atoms with Crippen LogP contribution in [0.25, 0.3) is 0 Å². The van der Waals surface area contributed by atoms with E-state index in [0.29, 0.717) is 0 Å². The number of carbonyl (C=O) groups is 2. The number of Topliss-reactive ketones (excluding diaryl/α,β-unsaturated/α-hetero) is 1. The van der Waals surface area contributed by atoms with Gasteiger partial charge in [-0.05, 0) is 5.92 Å². The highest BCUT2D eigenvalue weighted by Gasteiger charge is 2.14. The second-order valence-corrected chi connectivity index (χ2v) is 2.22. The smallest absolute Gasteiger partial charge is 0.372 e. The summed E-state index contributed by atoms with van der Waals surface area (Å²) in [6.45, 7) is 1.46. The van der Waals surface area contributed by atoms with Crippen LogP contribution in [0.3, 0.4) is 0 Å². The molecule has 0 spiro atoms. The number of aliphatic carboxylic acids is 1. The van der Waals surface area contributed by atoms with Crippen LogP contribution in [0.1, 0.15) is 13.3 Å². The van der Waals surface area contributed by atoms with Crippen LogP contribution in [0.15, 0.2) is 0 Å². The molecule has 1 atom stereocenters. The third-order valence-corrected chi connectivity index (χ3v) is 1.08. The Hall–Kier alpha value is -0.900. The van der Waals surface area contributed by atoms with E-state index < -0.39 is 11.8 Å². The summed E-state index contributed by atoms with van der Waals surface area (Å²) in [5.74, 6) is -2.54. The SMILES string of the molecule is CC(CO)CC(=O)C(=O)O. The molecule has 0 amide bonds. The average Bonchev–Trinajstić information content (AvgIpc) is 1.87. The number of carboxylic acids is 1. The summed E-state index contributed by atoms with van der Waals surface area (Å²) in [5, 5.41) is 16.5. The number of carboxylic acid groups (broad SMARTS) is 1. The van der Waals surface area contributed by atoms with Crippen LogP contribution in [-0.4, -0.2) is 28.6 Å². The fourth-order valence-electron chi connectivity index (χ4n) is 0.468. The number of hydrogen-bond acceptors (Lipinski definition) is 3. The second-order valence-electron chi connectivity index (χ2n) is 2.22. The minimum Gasteiger partial charge on any atom is -0.476 e. The summed E-state index contributed by atoms with van der Waals surface area (Å²) >= 11 is 0. The van der Waals surface area contributed by atoms with Gasteiger partial charge in [0.05, 0.1) is 0 Å². The van der Waals surface area contributed by atoms with Crippen molar-refractivity contribution in [3.63, 3.8) is 0 Å². The maximum atomic E-state index is 10.4. The molecule has 0 aromatic carbocycles. The highest BCUT2D eigenvalue weighted by Crippen LogP contribution is 1.99. The average molecular weight is 146 g/mol. The topological polar surface area (TPSA) is 74.6 Å². The first-order chi connectivity index (χ1) is 4.57. The van der Waals surface area contributed by atoms with Gasteiger partial charge in [-0.25, -0.2) is 4.79 Å². The molecule has 0 fully saturated rings. The van der Waals surface area contributed by atoms with Crippen LogP contribution in [0, 0.1) is 5.92 Å². The van der Waals surface area contributed by atoms with E-state index in [1.54, 1.807) is 6.92 Å². The molecular formula is C6H10O4. The normalized spacial score (nSPS) is 12.6. The number of rotatable bonds is 4. The molecule has 0 heterocycles. The molecule has 2 N–H and O–H groups in total. The Bertz CT molecular complexity index is 141. The zero-order valence-electron chi connectivity index (χ0n) is 5.70. The summed E-state index contributed by atoms with van der Waals surface area (Å²) < 4.78 is 0. The van der Waals surface area contributed by atoms with Crippen LogP contribution in [-0.2, 0) is 9.59 Å². The van der Waals surface area contributed by atoms with Crippen LogP contribution in [0.4, 0.5) is 0 Å². The Balaban J connectivity index is 3.68. The first-order valence-corrected chi connectivity index (χ1v) is 2.95. The van der Waals surface area contributed by atoms with Crippen molar-refractivity contribution in [3.8, 4) is 0 Å². The van der Waals surface area contributed by atoms with Crippen molar-refractivity contribution < 1.29 is 19.8 Å². The van der Waals surface area contributed by atoms with Gasteiger partial charge in [-0.1, -0.05) is 6.92 Å². The number of hydrogen-bond donors (Lipinski definition) is 2. The summed E-state index contributed by atoms with van der Waals surface area (Å²) in [7, 11) is 0. The Morgan fingerprint density at radius 2 is 2.00 bits per heavy atom. The number of aliphatic hydroxyl groups is 1. The summed E-state index contributed by atoms with van der Waals surface area (Å²) in [6, 6.07) is 0. The predicted molar refractivity (Wildman–Crippen MR) is 33.5 cm³/mol. The van der Waals surface area contributed by atoms with E-state index in [9.17, 15) is 9.59 Å².